The first-order valence-electron chi connectivity index (χ1n) is 13.4. The molecule has 11 heteroatoms. The van der Waals surface area contributed by atoms with E-state index < -0.39 is 18.0 Å². The lowest BCUT2D eigenvalue weighted by Crippen LogP contribution is -2.53. The molecule has 0 spiro atoms. The van der Waals surface area contributed by atoms with Crippen LogP contribution in [0.25, 0.3) is 11.3 Å². The number of amides is 3. The Morgan fingerprint density at radius 3 is 2.30 bits per heavy atom. The van der Waals surface area contributed by atoms with Crippen molar-refractivity contribution in [2.45, 2.75) is 37.9 Å². The molecule has 40 heavy (non-hydrogen) atoms. The Bertz CT molecular complexity index is 1240. The average molecular weight is 549 g/mol. The Morgan fingerprint density at radius 2 is 1.65 bits per heavy atom. The number of hydrogen-bond donors (Lipinski definition) is 5. The predicted molar refractivity (Wildman–Crippen MR) is 154 cm³/mol. The summed E-state index contributed by atoms with van der Waals surface area (Å²) in [4.78, 5) is 40.4. The number of hydrogen-bond acceptors (Lipinski definition) is 7. The summed E-state index contributed by atoms with van der Waals surface area (Å²) in [5, 5.41) is 9.92. The predicted octanol–water partition coefficient (Wildman–Crippen LogP) is 0.284. The largest absolute Gasteiger partial charge is 0.350 e. The molecule has 1 aromatic heterocycles. The molecule has 0 fully saturated rings. The van der Waals surface area contributed by atoms with Crippen molar-refractivity contribution in [2.24, 2.45) is 24.2 Å². The van der Waals surface area contributed by atoms with Crippen LogP contribution >= 0.6 is 0 Å². The first-order chi connectivity index (χ1) is 19.3. The van der Waals surface area contributed by atoms with Crippen LogP contribution in [0.5, 0.6) is 0 Å². The van der Waals surface area contributed by atoms with Crippen molar-refractivity contribution in [1.82, 2.24) is 25.3 Å². The highest BCUT2D eigenvalue weighted by atomic mass is 16.2. The van der Waals surface area contributed by atoms with Gasteiger partial charge in [0.25, 0.3) is 0 Å². The number of benzene rings is 2. The Labute approximate surface area is 235 Å². The van der Waals surface area contributed by atoms with E-state index >= 15 is 0 Å². The zero-order chi connectivity index (χ0) is 28.9. The second kappa shape index (κ2) is 15.5. The first-order valence-corrected chi connectivity index (χ1v) is 13.4. The molecule has 0 aliphatic rings. The van der Waals surface area contributed by atoms with Crippen LogP contribution in [0.1, 0.15) is 24.0 Å². The van der Waals surface area contributed by atoms with Crippen LogP contribution in [0.4, 0.5) is 0 Å². The molecule has 1 heterocycles. The lowest BCUT2D eigenvalue weighted by molar-refractivity contribution is -0.135. The van der Waals surface area contributed by atoms with Crippen molar-refractivity contribution in [1.29, 1.82) is 0 Å². The Hall–Kier alpha value is -4.06. The fraction of sp³-hybridized carbons (Fsp3) is 0.379. The molecule has 11 nitrogen and oxygen atoms in total. The molecular weight excluding hydrogens is 508 g/mol. The molecule has 0 bridgehead atoms. The summed E-state index contributed by atoms with van der Waals surface area (Å²) in [5.41, 5.74) is 21.1. The summed E-state index contributed by atoms with van der Waals surface area (Å²) in [5.74, 6) is -1.21. The number of rotatable bonds is 15. The second-order valence-electron chi connectivity index (χ2n) is 9.61. The van der Waals surface area contributed by atoms with Gasteiger partial charge < -0.3 is 32.7 Å². The fourth-order valence-electron chi connectivity index (χ4n) is 4.40. The summed E-state index contributed by atoms with van der Waals surface area (Å²) in [6.45, 7) is 1.49. The third kappa shape index (κ3) is 9.01. The molecule has 2 aromatic carbocycles. The van der Waals surface area contributed by atoms with Crippen molar-refractivity contribution in [3.05, 3.63) is 78.0 Å². The number of aromatic nitrogens is 2. The highest BCUT2D eigenvalue weighted by molar-refractivity contribution is 5.92. The minimum Gasteiger partial charge on any atom is -0.350 e. The van der Waals surface area contributed by atoms with Crippen LogP contribution in [0, 0.1) is 0 Å². The van der Waals surface area contributed by atoms with Crippen molar-refractivity contribution in [3.63, 3.8) is 0 Å². The highest BCUT2D eigenvalue weighted by Gasteiger charge is 2.26. The molecule has 2 atom stereocenters. The van der Waals surface area contributed by atoms with Gasteiger partial charge in [-0.05, 0) is 36.1 Å². The topological polar surface area (TPSA) is 174 Å². The van der Waals surface area contributed by atoms with E-state index in [2.05, 4.69) is 15.7 Å². The summed E-state index contributed by atoms with van der Waals surface area (Å²) in [6, 6.07) is 17.5. The number of carbonyl (C=O) groups is 3. The van der Waals surface area contributed by atoms with Gasteiger partial charge in [0.2, 0.25) is 17.7 Å². The van der Waals surface area contributed by atoms with Crippen molar-refractivity contribution in [3.8, 4) is 11.3 Å². The number of nitrogens with two attached hydrogens (primary N) is 3. The first kappa shape index (κ1) is 30.5. The van der Waals surface area contributed by atoms with Crippen LogP contribution < -0.4 is 27.8 Å². The molecule has 3 aromatic rings. The molecule has 0 radical (unpaired) electrons. The number of aryl methyl sites for hydroxylation is 2. The van der Waals surface area contributed by atoms with Crippen molar-refractivity contribution < 1.29 is 14.4 Å². The molecule has 214 valence electrons. The van der Waals surface area contributed by atoms with Gasteiger partial charge in [-0.1, -0.05) is 48.5 Å². The van der Waals surface area contributed by atoms with Gasteiger partial charge in [-0.3, -0.25) is 19.1 Å². The van der Waals surface area contributed by atoms with Gasteiger partial charge in [-0.25, -0.2) is 0 Å². The van der Waals surface area contributed by atoms with Gasteiger partial charge in [0.05, 0.1) is 18.2 Å². The third-order valence-electron chi connectivity index (χ3n) is 6.59. The van der Waals surface area contributed by atoms with Crippen LogP contribution in [0.15, 0.2) is 66.9 Å². The third-order valence-corrected chi connectivity index (χ3v) is 6.59. The van der Waals surface area contributed by atoms with E-state index in [9.17, 15) is 14.4 Å². The maximum Gasteiger partial charge on any atom is 0.242 e. The normalized spacial score (nSPS) is 12.4. The van der Waals surface area contributed by atoms with E-state index in [4.69, 9.17) is 17.2 Å². The summed E-state index contributed by atoms with van der Waals surface area (Å²) < 4.78 is 1.78. The Kier molecular flexibility index (Phi) is 11.8. The minimum atomic E-state index is -1.12. The smallest absolute Gasteiger partial charge is 0.242 e. The Balaban J connectivity index is 1.66. The molecule has 0 aliphatic heterocycles. The van der Waals surface area contributed by atoms with Gasteiger partial charge in [0.15, 0.2) is 0 Å². The lowest BCUT2D eigenvalue weighted by atomic mass is 10.0. The maximum absolute atomic E-state index is 13.3. The van der Waals surface area contributed by atoms with Gasteiger partial charge >= 0.3 is 0 Å². The van der Waals surface area contributed by atoms with Gasteiger partial charge in [-0.2, -0.15) is 5.10 Å². The van der Waals surface area contributed by atoms with E-state index in [1.807, 2.05) is 67.7 Å². The zero-order valence-electron chi connectivity index (χ0n) is 23.0. The summed E-state index contributed by atoms with van der Waals surface area (Å²) in [6.07, 6.45) is 2.46. The van der Waals surface area contributed by atoms with Crippen molar-refractivity contribution >= 4 is 17.7 Å². The Morgan fingerprint density at radius 1 is 0.950 bits per heavy atom. The van der Waals surface area contributed by atoms with Crippen LogP contribution in [0.3, 0.4) is 0 Å². The zero-order valence-corrected chi connectivity index (χ0v) is 23.0. The summed E-state index contributed by atoms with van der Waals surface area (Å²) in [7, 11) is 1.87. The maximum atomic E-state index is 13.3. The second-order valence-corrected chi connectivity index (χ2v) is 9.61. The van der Waals surface area contributed by atoms with Gasteiger partial charge in [-0.15, -0.1) is 0 Å². The quantitative estimate of drug-likeness (QED) is 0.181. The van der Waals surface area contributed by atoms with Crippen molar-refractivity contribution in [2.75, 3.05) is 26.2 Å². The molecular formula is C29H40N8O3. The lowest BCUT2D eigenvalue weighted by Gasteiger charge is -2.24. The number of nitrogens with one attached hydrogen (secondary N) is 2. The molecule has 0 saturated carbocycles. The molecule has 8 N–H and O–H groups in total. The highest BCUT2D eigenvalue weighted by Crippen LogP contribution is 2.19. The molecule has 3 amide bonds. The molecule has 3 rings (SSSR count). The molecule has 0 aliphatic carbocycles. The van der Waals surface area contributed by atoms with E-state index in [0.29, 0.717) is 25.9 Å². The molecule has 0 saturated heterocycles. The van der Waals surface area contributed by atoms with Gasteiger partial charge in [0.1, 0.15) is 6.04 Å². The van der Waals surface area contributed by atoms with Crippen LogP contribution in [-0.2, 0) is 34.4 Å². The average Bonchev–Trinajstić information content (AvgIpc) is 3.40. The fourth-order valence-corrected chi connectivity index (χ4v) is 4.40. The minimum absolute atomic E-state index is 0.209. The van der Waals surface area contributed by atoms with E-state index in [0.717, 1.165) is 22.4 Å². The van der Waals surface area contributed by atoms with Crippen LogP contribution in [-0.4, -0.2) is 70.7 Å². The molecule has 0 unspecified atom stereocenters. The number of nitrogens with zero attached hydrogens (tertiary/aromatic N) is 3. The SMILES string of the molecule is Cn1nccc1-c1cccc(CNC(=O)[C@H](CCc2ccccc2)NC(=O)[C@@H](N)CC(=O)N(CCN)CCN)c1. The van der Waals surface area contributed by atoms with Gasteiger partial charge in [0, 0.05) is 51.5 Å². The van der Waals surface area contributed by atoms with E-state index in [1.165, 1.54) is 4.90 Å². The van der Waals surface area contributed by atoms with E-state index in [1.54, 1.807) is 10.9 Å². The monoisotopic (exact) mass is 548 g/mol. The van der Waals surface area contributed by atoms with E-state index in [-0.39, 0.29) is 37.9 Å². The standard InChI is InChI=1S/C29H40N8O3/c1-36-26(12-15-34-36)23-9-5-8-22(18-23)20-33-29(40)25(11-10-21-6-3-2-4-7-21)35-28(39)24(32)19-27(38)37(16-13-30)17-14-31/h2-9,12,15,18,24-25H,10-11,13-14,16-17,19-20,30-32H2,1H3,(H,33,40)(H,35,39)/t24-,25-/m0/s1. The summed E-state index contributed by atoms with van der Waals surface area (Å²) >= 11 is 0. The number of carbonyl (C=O) groups excluding carboxylic acids is 3. The van der Waals surface area contributed by atoms with Crippen LogP contribution in [0.2, 0.25) is 0 Å².